The van der Waals surface area contributed by atoms with E-state index in [1.54, 1.807) is 0 Å². The lowest BCUT2D eigenvalue weighted by molar-refractivity contribution is -0.176. The highest BCUT2D eigenvalue weighted by molar-refractivity contribution is 9.10. The van der Waals surface area contributed by atoms with Gasteiger partial charge in [0, 0.05) is 19.6 Å². The Morgan fingerprint density at radius 2 is 1.87 bits per heavy atom. The van der Waals surface area contributed by atoms with Crippen molar-refractivity contribution in [2.45, 2.75) is 38.4 Å². The van der Waals surface area contributed by atoms with Crippen molar-refractivity contribution in [1.29, 1.82) is 0 Å². The van der Waals surface area contributed by atoms with Gasteiger partial charge in [-0.1, -0.05) is 0 Å². The molecule has 0 saturated carbocycles. The van der Waals surface area contributed by atoms with E-state index in [4.69, 9.17) is 0 Å². The van der Waals surface area contributed by atoms with E-state index < -0.39 is 12.1 Å². The van der Waals surface area contributed by atoms with E-state index >= 15 is 0 Å². The van der Waals surface area contributed by atoms with Crippen LogP contribution in [0.4, 0.5) is 18.9 Å². The SMILES string of the molecule is FC(F)(F)C1CCCN(c2ccc(Br)nc2CN2CCCC2)C1. The smallest absolute Gasteiger partial charge is 0.369 e. The van der Waals surface area contributed by atoms with Crippen LogP contribution < -0.4 is 4.90 Å². The number of anilines is 1. The van der Waals surface area contributed by atoms with Crippen LogP contribution in [0.3, 0.4) is 0 Å². The van der Waals surface area contributed by atoms with E-state index in [1.165, 1.54) is 12.8 Å². The minimum absolute atomic E-state index is 0.0415. The molecule has 0 radical (unpaired) electrons. The van der Waals surface area contributed by atoms with Gasteiger partial charge >= 0.3 is 6.18 Å². The number of rotatable bonds is 3. The molecule has 0 bridgehead atoms. The first-order valence-electron chi connectivity index (χ1n) is 8.13. The van der Waals surface area contributed by atoms with Crippen LogP contribution in [0.1, 0.15) is 31.4 Å². The van der Waals surface area contributed by atoms with E-state index in [2.05, 4.69) is 25.8 Å². The maximum absolute atomic E-state index is 13.1. The van der Waals surface area contributed by atoms with Gasteiger partial charge in [-0.2, -0.15) is 13.2 Å². The van der Waals surface area contributed by atoms with Crippen LogP contribution in [-0.2, 0) is 6.54 Å². The molecule has 7 heteroatoms. The number of hydrogen-bond acceptors (Lipinski definition) is 3. The standard InChI is InChI=1S/C16H21BrF3N3/c17-15-6-5-14(13(21-15)11-22-7-1-2-8-22)23-9-3-4-12(10-23)16(18,19)20/h5-6,12H,1-4,7-11H2. The second-order valence-electron chi connectivity index (χ2n) is 6.41. The van der Waals surface area contributed by atoms with Gasteiger partial charge in [0.05, 0.1) is 17.3 Å². The molecule has 23 heavy (non-hydrogen) atoms. The zero-order valence-corrected chi connectivity index (χ0v) is 14.5. The Bertz CT molecular complexity index is 544. The lowest BCUT2D eigenvalue weighted by atomic mass is 9.97. The van der Waals surface area contributed by atoms with E-state index in [9.17, 15) is 13.2 Å². The van der Waals surface area contributed by atoms with Crippen molar-refractivity contribution in [2.75, 3.05) is 31.1 Å². The molecule has 0 aromatic carbocycles. The van der Waals surface area contributed by atoms with Crippen molar-refractivity contribution in [2.24, 2.45) is 5.92 Å². The molecule has 1 atom stereocenters. The van der Waals surface area contributed by atoms with E-state index in [0.29, 0.717) is 19.5 Å². The van der Waals surface area contributed by atoms with Gasteiger partial charge in [0.25, 0.3) is 0 Å². The highest BCUT2D eigenvalue weighted by atomic mass is 79.9. The molecule has 3 heterocycles. The molecule has 2 aliphatic rings. The summed E-state index contributed by atoms with van der Waals surface area (Å²) in [5, 5.41) is 0. The predicted molar refractivity (Wildman–Crippen MR) is 87.4 cm³/mol. The fourth-order valence-electron chi connectivity index (χ4n) is 3.49. The maximum atomic E-state index is 13.1. The van der Waals surface area contributed by atoms with Crippen molar-refractivity contribution in [1.82, 2.24) is 9.88 Å². The minimum atomic E-state index is -4.11. The van der Waals surface area contributed by atoms with Gasteiger partial charge in [-0.25, -0.2) is 4.98 Å². The molecule has 2 fully saturated rings. The van der Waals surface area contributed by atoms with Crippen LogP contribution >= 0.6 is 15.9 Å². The van der Waals surface area contributed by atoms with Gasteiger partial charge in [0.1, 0.15) is 4.60 Å². The molecule has 3 nitrogen and oxygen atoms in total. The summed E-state index contributed by atoms with van der Waals surface area (Å²) in [7, 11) is 0. The molecule has 2 aliphatic heterocycles. The molecule has 1 unspecified atom stereocenters. The summed E-state index contributed by atoms with van der Waals surface area (Å²) in [4.78, 5) is 8.74. The third-order valence-electron chi connectivity index (χ3n) is 4.71. The van der Waals surface area contributed by atoms with Crippen molar-refractivity contribution >= 4 is 21.6 Å². The summed E-state index contributed by atoms with van der Waals surface area (Å²) in [6, 6.07) is 3.72. The first kappa shape index (κ1) is 17.0. The van der Waals surface area contributed by atoms with Crippen molar-refractivity contribution < 1.29 is 13.2 Å². The minimum Gasteiger partial charge on any atom is -0.369 e. The quantitative estimate of drug-likeness (QED) is 0.719. The summed E-state index contributed by atoms with van der Waals surface area (Å²) in [6.07, 6.45) is -0.947. The van der Waals surface area contributed by atoms with Crippen LogP contribution in [0.25, 0.3) is 0 Å². The molecule has 0 N–H and O–H groups in total. The lowest BCUT2D eigenvalue weighted by Gasteiger charge is -2.36. The van der Waals surface area contributed by atoms with Crippen LogP contribution in [0.2, 0.25) is 0 Å². The number of aromatic nitrogens is 1. The first-order valence-corrected chi connectivity index (χ1v) is 8.92. The Morgan fingerprint density at radius 1 is 1.13 bits per heavy atom. The molecule has 0 amide bonds. The van der Waals surface area contributed by atoms with E-state index in [-0.39, 0.29) is 13.0 Å². The Labute approximate surface area is 143 Å². The Kier molecular flexibility index (Phi) is 5.16. The zero-order valence-electron chi connectivity index (χ0n) is 12.9. The van der Waals surface area contributed by atoms with Gasteiger partial charge in [0.2, 0.25) is 0 Å². The molecule has 0 aliphatic carbocycles. The Balaban J connectivity index is 1.80. The van der Waals surface area contributed by atoms with E-state index in [1.807, 2.05) is 17.0 Å². The van der Waals surface area contributed by atoms with Crippen LogP contribution in [0, 0.1) is 5.92 Å². The molecular formula is C16H21BrF3N3. The van der Waals surface area contributed by atoms with Gasteiger partial charge in [0.15, 0.2) is 0 Å². The fraction of sp³-hybridized carbons (Fsp3) is 0.688. The second-order valence-corrected chi connectivity index (χ2v) is 7.22. The topological polar surface area (TPSA) is 19.4 Å². The summed E-state index contributed by atoms with van der Waals surface area (Å²) in [6.45, 7) is 3.50. The van der Waals surface area contributed by atoms with Crippen molar-refractivity contribution in [3.8, 4) is 0 Å². The summed E-state index contributed by atoms with van der Waals surface area (Å²) in [5.74, 6) is -1.24. The highest BCUT2D eigenvalue weighted by Gasteiger charge is 2.42. The number of pyridine rings is 1. The van der Waals surface area contributed by atoms with Gasteiger partial charge in [-0.05, 0) is 66.8 Å². The number of nitrogens with zero attached hydrogens (tertiary/aromatic N) is 3. The normalized spacial score (nSPS) is 23.5. The van der Waals surface area contributed by atoms with Gasteiger partial charge < -0.3 is 4.90 Å². The predicted octanol–water partition coefficient (Wildman–Crippen LogP) is 4.22. The molecule has 128 valence electrons. The monoisotopic (exact) mass is 391 g/mol. The van der Waals surface area contributed by atoms with Crippen LogP contribution in [-0.4, -0.2) is 42.2 Å². The molecule has 1 aromatic heterocycles. The second kappa shape index (κ2) is 6.97. The van der Waals surface area contributed by atoms with Crippen LogP contribution in [0.5, 0.6) is 0 Å². The highest BCUT2D eigenvalue weighted by Crippen LogP contribution is 2.36. The summed E-state index contributed by atoms with van der Waals surface area (Å²) < 4.78 is 39.9. The number of alkyl halides is 3. The molecule has 3 rings (SSSR count). The first-order chi connectivity index (χ1) is 10.9. The van der Waals surface area contributed by atoms with Gasteiger partial charge in [-0.15, -0.1) is 0 Å². The molecule has 0 spiro atoms. The lowest BCUT2D eigenvalue weighted by Crippen LogP contribution is -2.42. The number of piperidine rings is 1. The number of hydrogen-bond donors (Lipinski definition) is 0. The average molecular weight is 392 g/mol. The molecule has 1 aromatic rings. The molecular weight excluding hydrogens is 371 g/mol. The van der Waals surface area contributed by atoms with Gasteiger partial charge in [-0.3, -0.25) is 4.90 Å². The maximum Gasteiger partial charge on any atom is 0.393 e. The van der Waals surface area contributed by atoms with E-state index in [0.717, 1.165) is 29.1 Å². The third-order valence-corrected chi connectivity index (χ3v) is 5.15. The third kappa shape index (κ3) is 4.18. The fourth-order valence-corrected chi connectivity index (χ4v) is 3.83. The van der Waals surface area contributed by atoms with Crippen LogP contribution in [0.15, 0.2) is 16.7 Å². The average Bonchev–Trinajstić information content (AvgIpc) is 3.00. The Morgan fingerprint density at radius 3 is 2.57 bits per heavy atom. The van der Waals surface area contributed by atoms with Crippen molar-refractivity contribution in [3.05, 3.63) is 22.4 Å². The van der Waals surface area contributed by atoms with Crippen molar-refractivity contribution in [3.63, 3.8) is 0 Å². The number of likely N-dealkylation sites (tertiary alicyclic amines) is 1. The number of halogens is 4. The Hall–Kier alpha value is -0.820. The zero-order chi connectivity index (χ0) is 16.4. The largest absolute Gasteiger partial charge is 0.393 e. The summed E-state index contributed by atoms with van der Waals surface area (Å²) in [5.41, 5.74) is 1.73. The summed E-state index contributed by atoms with van der Waals surface area (Å²) >= 11 is 3.39. The molecule has 2 saturated heterocycles.